The molecule has 2 N–H and O–H groups in total. The van der Waals surface area contributed by atoms with Crippen molar-refractivity contribution in [3.05, 3.63) is 94.8 Å². The Labute approximate surface area is 232 Å². The molecule has 6 rings (SSSR count). The number of phenols is 2. The Hall–Kier alpha value is -2.40. The minimum Gasteiger partial charge on any atom is -0.650 e. The molecule has 3 aromatic rings. The minimum atomic E-state index is -0.247. The summed E-state index contributed by atoms with van der Waals surface area (Å²) in [5.41, 5.74) is 3.88. The van der Waals surface area contributed by atoms with Crippen LogP contribution in [0.3, 0.4) is 0 Å². The molecule has 0 aromatic heterocycles. The molecule has 2 aliphatic heterocycles. The Balaban J connectivity index is 0.000000349. The smallest absolute Gasteiger partial charge is 0.124 e. The molecule has 1 saturated heterocycles. The third kappa shape index (κ3) is 7.34. The van der Waals surface area contributed by atoms with Crippen molar-refractivity contribution in [2.24, 2.45) is 0 Å². The zero-order valence-electron chi connectivity index (χ0n) is 20.9. The van der Waals surface area contributed by atoms with Gasteiger partial charge in [-0.3, -0.25) is 9.29 Å². The molecular formula is C30H34FN2O3W-. The predicted molar refractivity (Wildman–Crippen MR) is 140 cm³/mol. The van der Waals surface area contributed by atoms with Crippen molar-refractivity contribution < 1.29 is 40.4 Å². The van der Waals surface area contributed by atoms with E-state index in [2.05, 4.69) is 17.0 Å². The third-order valence-corrected chi connectivity index (χ3v) is 7.20. The number of rotatable bonds is 7. The molecule has 2 fully saturated rings. The van der Waals surface area contributed by atoms with Crippen molar-refractivity contribution in [2.75, 3.05) is 26.3 Å². The van der Waals surface area contributed by atoms with Crippen LogP contribution in [0.15, 0.2) is 72.8 Å². The number of benzene rings is 3. The summed E-state index contributed by atoms with van der Waals surface area (Å²) in [4.78, 5) is 2.23. The number of nitrogens with zero attached hydrogens (tertiary/aromatic N) is 2. The SMILES string of the molecule is Oc1ccc2c(c1)CC1(CC1)[N-]C2Cc1ccc(OC2CN(CCCF)C2)cc1.Oc1ccccc1.[W]. The van der Waals surface area contributed by atoms with Crippen molar-refractivity contribution >= 4 is 0 Å². The molecule has 0 bridgehead atoms. The summed E-state index contributed by atoms with van der Waals surface area (Å²) in [6.07, 6.45) is 4.98. The van der Waals surface area contributed by atoms with Crippen LogP contribution in [0.1, 0.15) is 42.0 Å². The fraction of sp³-hybridized carbons (Fsp3) is 0.400. The van der Waals surface area contributed by atoms with Crippen LogP contribution in [-0.2, 0) is 33.9 Å². The van der Waals surface area contributed by atoms with Crippen molar-refractivity contribution in [3.63, 3.8) is 0 Å². The number of phenolic OH excluding ortho intramolecular Hbond substituents is 2. The van der Waals surface area contributed by atoms with E-state index in [9.17, 15) is 9.50 Å². The van der Waals surface area contributed by atoms with Crippen LogP contribution < -0.4 is 4.74 Å². The Bertz CT molecular complexity index is 1140. The van der Waals surface area contributed by atoms with Gasteiger partial charge < -0.3 is 20.3 Å². The molecule has 196 valence electrons. The number of alkyl halides is 1. The van der Waals surface area contributed by atoms with Crippen molar-refractivity contribution in [2.45, 2.75) is 49.8 Å². The number of ether oxygens (including phenoxy) is 1. The predicted octanol–water partition coefficient (Wildman–Crippen LogP) is 5.95. The molecule has 3 aliphatic rings. The van der Waals surface area contributed by atoms with Gasteiger partial charge in [-0.1, -0.05) is 54.8 Å². The molecule has 0 radical (unpaired) electrons. The molecule has 1 unspecified atom stereocenters. The van der Waals surface area contributed by atoms with E-state index < -0.39 is 0 Å². The summed E-state index contributed by atoms with van der Waals surface area (Å²) in [7, 11) is 0. The summed E-state index contributed by atoms with van der Waals surface area (Å²) in [5, 5.41) is 23.7. The van der Waals surface area contributed by atoms with Gasteiger partial charge in [0.15, 0.2) is 0 Å². The number of para-hydroxylation sites is 1. The van der Waals surface area contributed by atoms with Crippen LogP contribution in [0.25, 0.3) is 5.32 Å². The second kappa shape index (κ2) is 12.4. The van der Waals surface area contributed by atoms with Crippen LogP contribution in [0.5, 0.6) is 17.2 Å². The fourth-order valence-electron chi connectivity index (χ4n) is 5.09. The van der Waals surface area contributed by atoms with Gasteiger partial charge in [-0.25, -0.2) is 0 Å². The van der Waals surface area contributed by atoms with Crippen molar-refractivity contribution in [1.82, 2.24) is 4.90 Å². The van der Waals surface area contributed by atoms with Gasteiger partial charge >= 0.3 is 0 Å². The number of hydrogen-bond donors (Lipinski definition) is 2. The van der Waals surface area contributed by atoms with Crippen LogP contribution in [0.2, 0.25) is 0 Å². The Morgan fingerprint density at radius 1 is 0.946 bits per heavy atom. The van der Waals surface area contributed by atoms with Gasteiger partial charge in [-0.05, 0) is 66.8 Å². The van der Waals surface area contributed by atoms with E-state index in [1.165, 1.54) is 16.7 Å². The van der Waals surface area contributed by atoms with Gasteiger partial charge in [0.25, 0.3) is 0 Å². The summed E-state index contributed by atoms with van der Waals surface area (Å²) < 4.78 is 18.3. The van der Waals surface area contributed by atoms with E-state index in [0.29, 0.717) is 17.9 Å². The number of likely N-dealkylation sites (tertiary alicyclic amines) is 1. The molecule has 1 aliphatic carbocycles. The molecular weight excluding hydrogens is 639 g/mol. The molecule has 0 amide bonds. The van der Waals surface area contributed by atoms with Crippen molar-refractivity contribution in [3.8, 4) is 17.2 Å². The maximum absolute atomic E-state index is 12.2. The van der Waals surface area contributed by atoms with Gasteiger partial charge in [0.2, 0.25) is 0 Å². The van der Waals surface area contributed by atoms with E-state index >= 15 is 0 Å². The fourth-order valence-corrected chi connectivity index (χ4v) is 5.09. The van der Waals surface area contributed by atoms with Crippen molar-refractivity contribution in [1.29, 1.82) is 0 Å². The van der Waals surface area contributed by atoms with Gasteiger partial charge in [0.05, 0.1) is 6.67 Å². The Morgan fingerprint density at radius 3 is 2.30 bits per heavy atom. The number of aromatic hydroxyl groups is 2. The molecule has 7 heteroatoms. The Morgan fingerprint density at radius 2 is 1.68 bits per heavy atom. The monoisotopic (exact) mass is 673 g/mol. The average Bonchev–Trinajstić information content (AvgIpc) is 3.60. The zero-order chi connectivity index (χ0) is 25.0. The van der Waals surface area contributed by atoms with E-state index in [1.807, 2.05) is 30.3 Å². The largest absolute Gasteiger partial charge is 0.650 e. The maximum atomic E-state index is 12.2. The van der Waals surface area contributed by atoms with Gasteiger partial charge in [0.1, 0.15) is 23.4 Å². The van der Waals surface area contributed by atoms with E-state index in [0.717, 1.165) is 51.1 Å². The maximum Gasteiger partial charge on any atom is 0.124 e. The molecule has 5 nitrogen and oxygen atoms in total. The average molecular weight is 673 g/mol. The first-order valence-corrected chi connectivity index (χ1v) is 12.8. The third-order valence-electron chi connectivity index (χ3n) is 7.20. The minimum absolute atomic E-state index is 0. The molecule has 1 saturated carbocycles. The first-order valence-electron chi connectivity index (χ1n) is 12.8. The van der Waals surface area contributed by atoms with Crippen LogP contribution >= 0.6 is 0 Å². The molecule has 3 aromatic carbocycles. The van der Waals surface area contributed by atoms with E-state index in [1.54, 1.807) is 30.3 Å². The first kappa shape index (κ1) is 27.6. The normalized spacial score (nSPS) is 19.5. The number of fused-ring (bicyclic) bond motifs is 1. The second-order valence-corrected chi connectivity index (χ2v) is 10.2. The zero-order valence-corrected chi connectivity index (χ0v) is 23.9. The quantitative estimate of drug-likeness (QED) is 0.326. The van der Waals surface area contributed by atoms with Gasteiger partial charge in [-0.2, -0.15) is 0 Å². The van der Waals surface area contributed by atoms with Crippen LogP contribution in [0.4, 0.5) is 4.39 Å². The number of hydrogen-bond acceptors (Lipinski definition) is 4. The summed E-state index contributed by atoms with van der Waals surface area (Å²) in [6, 6.07) is 23.0. The molecule has 37 heavy (non-hydrogen) atoms. The first-order chi connectivity index (χ1) is 17.5. The molecule has 1 atom stereocenters. The second-order valence-electron chi connectivity index (χ2n) is 10.2. The van der Waals surface area contributed by atoms with Gasteiger partial charge in [0, 0.05) is 40.7 Å². The Kier molecular flexibility index (Phi) is 9.28. The summed E-state index contributed by atoms with van der Waals surface area (Å²) >= 11 is 0. The van der Waals surface area contributed by atoms with Crippen LogP contribution in [0, 0.1) is 0 Å². The van der Waals surface area contributed by atoms with Gasteiger partial charge in [-0.15, -0.1) is 11.6 Å². The summed E-state index contributed by atoms with van der Waals surface area (Å²) in [5.74, 6) is 1.57. The van der Waals surface area contributed by atoms with E-state index in [4.69, 9.17) is 15.2 Å². The van der Waals surface area contributed by atoms with Crippen LogP contribution in [-0.4, -0.2) is 53.1 Å². The number of halogens is 1. The standard InChI is InChI=1S/C24H28FN2O2.C6H6O.W/c25-10-1-11-27-15-21(16-27)29-20-5-2-17(3-6-20)12-23-22-7-4-19(28)13-18(22)14-24(26-23)8-9-24;7-6-4-2-1-3-5-6;/h2-7,13,21,23,28H,1,8-12,14-16H2;1-5,7H;/q-1;;. The molecule has 2 heterocycles. The molecule has 1 spiro atoms. The van der Waals surface area contributed by atoms with E-state index in [-0.39, 0.29) is 45.4 Å². The summed E-state index contributed by atoms with van der Waals surface area (Å²) in [6.45, 7) is 2.34. The topological polar surface area (TPSA) is 67.0 Å².